The summed E-state index contributed by atoms with van der Waals surface area (Å²) >= 11 is 6.08. The monoisotopic (exact) mass is 361 g/mol. The molecule has 1 fully saturated rings. The molecule has 2 N–H and O–H groups in total. The van der Waals surface area contributed by atoms with Crippen LogP contribution in [0.25, 0.3) is 0 Å². The van der Waals surface area contributed by atoms with Gasteiger partial charge in [-0.15, -0.1) is 0 Å². The van der Waals surface area contributed by atoms with Gasteiger partial charge in [-0.1, -0.05) is 17.7 Å². The number of hydrogen-bond acceptors (Lipinski definition) is 6. The molecule has 0 radical (unpaired) electrons. The predicted octanol–water partition coefficient (Wildman–Crippen LogP) is 3.23. The Morgan fingerprint density at radius 2 is 1.96 bits per heavy atom. The van der Waals surface area contributed by atoms with E-state index in [0.717, 1.165) is 62.2 Å². The SMILES string of the molecule is Cc1cc(NCCN2CCOCC2)nc(Nc2cc(Cl)ccc2C)n1. The van der Waals surface area contributed by atoms with Crippen LogP contribution < -0.4 is 10.6 Å². The molecule has 0 amide bonds. The maximum atomic E-state index is 6.08. The fourth-order valence-electron chi connectivity index (χ4n) is 2.73. The molecule has 134 valence electrons. The third-order valence-electron chi connectivity index (χ3n) is 4.14. The van der Waals surface area contributed by atoms with Gasteiger partial charge < -0.3 is 15.4 Å². The van der Waals surface area contributed by atoms with Crippen LogP contribution in [0.15, 0.2) is 24.3 Å². The van der Waals surface area contributed by atoms with E-state index in [4.69, 9.17) is 16.3 Å². The molecule has 7 heteroatoms. The minimum Gasteiger partial charge on any atom is -0.379 e. The fourth-order valence-corrected chi connectivity index (χ4v) is 2.90. The predicted molar refractivity (Wildman–Crippen MR) is 102 cm³/mol. The van der Waals surface area contributed by atoms with Crippen LogP contribution in [0.3, 0.4) is 0 Å². The molecule has 0 saturated carbocycles. The lowest BCUT2D eigenvalue weighted by Crippen LogP contribution is -2.39. The van der Waals surface area contributed by atoms with Crippen molar-refractivity contribution >= 4 is 29.1 Å². The minimum absolute atomic E-state index is 0.569. The van der Waals surface area contributed by atoms with Gasteiger partial charge in [-0.05, 0) is 31.5 Å². The summed E-state index contributed by atoms with van der Waals surface area (Å²) in [4.78, 5) is 11.4. The topological polar surface area (TPSA) is 62.3 Å². The van der Waals surface area contributed by atoms with Crippen molar-refractivity contribution in [1.82, 2.24) is 14.9 Å². The van der Waals surface area contributed by atoms with E-state index in [9.17, 15) is 0 Å². The number of anilines is 3. The van der Waals surface area contributed by atoms with E-state index in [1.165, 1.54) is 0 Å². The van der Waals surface area contributed by atoms with E-state index >= 15 is 0 Å². The van der Waals surface area contributed by atoms with Gasteiger partial charge in [-0.2, -0.15) is 4.98 Å². The number of nitrogens with zero attached hydrogens (tertiary/aromatic N) is 3. The molecule has 1 aromatic carbocycles. The Balaban J connectivity index is 1.62. The van der Waals surface area contributed by atoms with Crippen LogP contribution in [0.1, 0.15) is 11.3 Å². The molecule has 3 rings (SSSR count). The van der Waals surface area contributed by atoms with Crippen LogP contribution in [0.4, 0.5) is 17.5 Å². The summed E-state index contributed by atoms with van der Waals surface area (Å²) < 4.78 is 5.37. The van der Waals surface area contributed by atoms with Crippen molar-refractivity contribution in [2.24, 2.45) is 0 Å². The number of rotatable bonds is 6. The number of nitrogens with one attached hydrogen (secondary N) is 2. The van der Waals surface area contributed by atoms with Crippen LogP contribution >= 0.6 is 11.6 Å². The number of aryl methyl sites for hydroxylation is 2. The van der Waals surface area contributed by atoms with Gasteiger partial charge in [0.25, 0.3) is 0 Å². The lowest BCUT2D eigenvalue weighted by molar-refractivity contribution is 0.0398. The minimum atomic E-state index is 0.569. The largest absolute Gasteiger partial charge is 0.379 e. The van der Waals surface area contributed by atoms with E-state index in [2.05, 4.69) is 25.5 Å². The average Bonchev–Trinajstić information content (AvgIpc) is 2.59. The van der Waals surface area contributed by atoms with Crippen molar-refractivity contribution < 1.29 is 4.74 Å². The van der Waals surface area contributed by atoms with Gasteiger partial charge in [0.05, 0.1) is 13.2 Å². The van der Waals surface area contributed by atoms with Gasteiger partial charge >= 0.3 is 0 Å². The van der Waals surface area contributed by atoms with Gasteiger partial charge in [0.15, 0.2) is 0 Å². The molecule has 6 nitrogen and oxygen atoms in total. The van der Waals surface area contributed by atoms with Gasteiger partial charge in [0.2, 0.25) is 5.95 Å². The summed E-state index contributed by atoms with van der Waals surface area (Å²) in [5.41, 5.74) is 2.92. The lowest BCUT2D eigenvalue weighted by atomic mass is 10.2. The van der Waals surface area contributed by atoms with Crippen LogP contribution in [0, 0.1) is 13.8 Å². The van der Waals surface area contributed by atoms with Crippen LogP contribution in [0.2, 0.25) is 5.02 Å². The maximum Gasteiger partial charge on any atom is 0.229 e. The summed E-state index contributed by atoms with van der Waals surface area (Å²) in [6, 6.07) is 7.68. The molecule has 0 atom stereocenters. The number of morpholine rings is 1. The first-order valence-electron chi connectivity index (χ1n) is 8.53. The Morgan fingerprint density at radius 3 is 2.76 bits per heavy atom. The first-order chi connectivity index (χ1) is 12.1. The van der Waals surface area contributed by atoms with E-state index in [0.29, 0.717) is 11.0 Å². The van der Waals surface area contributed by atoms with E-state index in [1.54, 1.807) is 0 Å². The van der Waals surface area contributed by atoms with Gasteiger partial charge in [-0.3, -0.25) is 4.90 Å². The van der Waals surface area contributed by atoms with Gasteiger partial charge in [0.1, 0.15) is 5.82 Å². The number of hydrogen-bond donors (Lipinski definition) is 2. The molecule has 25 heavy (non-hydrogen) atoms. The second-order valence-electron chi connectivity index (χ2n) is 6.18. The van der Waals surface area contributed by atoms with Crippen molar-refractivity contribution in [1.29, 1.82) is 0 Å². The van der Waals surface area contributed by atoms with Crippen LogP contribution in [-0.2, 0) is 4.74 Å². The standard InChI is InChI=1S/C18H24ClN5O/c1-13-3-4-15(19)12-16(13)22-18-21-14(2)11-17(23-18)20-5-6-24-7-9-25-10-8-24/h3-4,11-12H,5-10H2,1-2H3,(H2,20,21,22,23). The van der Waals surface area contributed by atoms with Crippen LogP contribution in [0.5, 0.6) is 0 Å². The molecule has 0 bridgehead atoms. The highest BCUT2D eigenvalue weighted by Gasteiger charge is 2.10. The van der Waals surface area contributed by atoms with E-state index in [1.807, 2.05) is 38.1 Å². The Kier molecular flexibility index (Phi) is 6.07. The zero-order chi connectivity index (χ0) is 17.6. The number of aromatic nitrogens is 2. The molecule has 1 aliphatic heterocycles. The normalized spacial score (nSPS) is 15.2. The first kappa shape index (κ1) is 17.9. The molecule has 0 spiro atoms. The highest BCUT2D eigenvalue weighted by Crippen LogP contribution is 2.23. The van der Waals surface area contributed by atoms with Crippen LogP contribution in [-0.4, -0.2) is 54.3 Å². The van der Waals surface area contributed by atoms with Crippen molar-refractivity contribution in [3.8, 4) is 0 Å². The summed E-state index contributed by atoms with van der Waals surface area (Å²) in [5, 5.41) is 7.33. The smallest absolute Gasteiger partial charge is 0.229 e. The number of benzene rings is 1. The Bertz CT molecular complexity index is 719. The van der Waals surface area contributed by atoms with Crippen molar-refractivity contribution in [3.63, 3.8) is 0 Å². The van der Waals surface area contributed by atoms with E-state index < -0.39 is 0 Å². The first-order valence-corrected chi connectivity index (χ1v) is 8.91. The van der Waals surface area contributed by atoms with Crippen molar-refractivity contribution in [2.75, 3.05) is 50.0 Å². The molecular formula is C18H24ClN5O. The lowest BCUT2D eigenvalue weighted by Gasteiger charge is -2.26. The van der Waals surface area contributed by atoms with Gasteiger partial charge in [0, 0.05) is 48.6 Å². The second kappa shape index (κ2) is 8.47. The molecule has 1 saturated heterocycles. The summed E-state index contributed by atoms with van der Waals surface area (Å²) in [5.74, 6) is 1.39. The fraction of sp³-hybridized carbons (Fsp3) is 0.444. The molecule has 2 aromatic rings. The average molecular weight is 362 g/mol. The zero-order valence-corrected chi connectivity index (χ0v) is 15.4. The Labute approximate surface area is 153 Å². The van der Waals surface area contributed by atoms with E-state index in [-0.39, 0.29) is 0 Å². The van der Waals surface area contributed by atoms with Crippen molar-refractivity contribution in [2.45, 2.75) is 13.8 Å². The van der Waals surface area contributed by atoms with Crippen molar-refractivity contribution in [3.05, 3.63) is 40.5 Å². The van der Waals surface area contributed by atoms with Gasteiger partial charge in [-0.25, -0.2) is 4.98 Å². The highest BCUT2D eigenvalue weighted by atomic mass is 35.5. The zero-order valence-electron chi connectivity index (χ0n) is 14.7. The summed E-state index contributed by atoms with van der Waals surface area (Å²) in [6.45, 7) is 9.42. The molecule has 1 aliphatic rings. The summed E-state index contributed by atoms with van der Waals surface area (Å²) in [6.07, 6.45) is 0. The number of ether oxygens (including phenoxy) is 1. The Morgan fingerprint density at radius 1 is 1.16 bits per heavy atom. The highest BCUT2D eigenvalue weighted by molar-refractivity contribution is 6.30. The number of halogens is 1. The third kappa shape index (κ3) is 5.29. The summed E-state index contributed by atoms with van der Waals surface area (Å²) in [7, 11) is 0. The molecule has 1 aromatic heterocycles. The molecular weight excluding hydrogens is 338 g/mol. The molecule has 2 heterocycles. The molecule has 0 unspecified atom stereocenters. The maximum absolute atomic E-state index is 6.08. The molecule has 0 aliphatic carbocycles. The second-order valence-corrected chi connectivity index (χ2v) is 6.62. The Hall–Kier alpha value is -1.89. The quantitative estimate of drug-likeness (QED) is 0.823. The third-order valence-corrected chi connectivity index (χ3v) is 4.37.